The molecule has 0 spiro atoms. The minimum absolute atomic E-state index is 0.0132. The fourth-order valence-corrected chi connectivity index (χ4v) is 5.90. The lowest BCUT2D eigenvalue weighted by molar-refractivity contribution is -0.120. The summed E-state index contributed by atoms with van der Waals surface area (Å²) in [7, 11) is 0.368. The van der Waals surface area contributed by atoms with Crippen LogP contribution < -0.4 is 28.6 Å². The number of ether oxygens (including phenoxy) is 4. The van der Waals surface area contributed by atoms with Crippen molar-refractivity contribution in [1.29, 1.82) is 0 Å². The fourth-order valence-electron chi connectivity index (χ4n) is 4.47. The first kappa shape index (κ1) is 27.1. The number of benzene rings is 3. The molecule has 0 aromatic heterocycles. The number of hydrogen-bond donors (Lipinski definition) is 1. The minimum atomic E-state index is -4.15. The number of methoxy groups -OCH3 is 3. The molecule has 0 bridgehead atoms. The van der Waals surface area contributed by atoms with Crippen LogP contribution in [0.15, 0.2) is 71.6 Å². The molecule has 0 fully saturated rings. The summed E-state index contributed by atoms with van der Waals surface area (Å²) >= 11 is 0. The summed E-state index contributed by atoms with van der Waals surface area (Å²) in [5.74, 6) is 1.62. The number of amides is 1. The number of sulfonamides is 1. The number of nitrogens with zero attached hydrogens (tertiary/aromatic N) is 1. The van der Waals surface area contributed by atoms with E-state index in [1.165, 1.54) is 26.4 Å². The van der Waals surface area contributed by atoms with E-state index in [4.69, 9.17) is 18.9 Å². The lowest BCUT2D eigenvalue weighted by Crippen LogP contribution is -2.45. The van der Waals surface area contributed by atoms with E-state index in [0.29, 0.717) is 29.4 Å². The van der Waals surface area contributed by atoms with Gasteiger partial charge < -0.3 is 24.3 Å². The lowest BCUT2D eigenvalue weighted by atomic mass is 9.89. The Balaban J connectivity index is 1.69. The topological polar surface area (TPSA) is 103 Å². The van der Waals surface area contributed by atoms with Crippen molar-refractivity contribution < 1.29 is 32.2 Å². The van der Waals surface area contributed by atoms with Gasteiger partial charge in [0.2, 0.25) is 5.91 Å². The van der Waals surface area contributed by atoms with Gasteiger partial charge in [-0.2, -0.15) is 0 Å². The Bertz CT molecular complexity index is 1400. The SMILES string of the molecule is COc1ccc(S(=O)(=O)N(CC(=O)NC2CC(C)(C)Oc3ccc(OC)cc32)c2ccccc2OC)cc1. The maximum atomic E-state index is 13.8. The van der Waals surface area contributed by atoms with Gasteiger partial charge in [0.05, 0.1) is 38.0 Å². The van der Waals surface area contributed by atoms with Crippen LogP contribution in [-0.2, 0) is 14.8 Å². The van der Waals surface area contributed by atoms with Crippen molar-refractivity contribution in [2.24, 2.45) is 0 Å². The molecule has 10 heteroatoms. The van der Waals surface area contributed by atoms with E-state index in [0.717, 1.165) is 9.87 Å². The van der Waals surface area contributed by atoms with Gasteiger partial charge >= 0.3 is 0 Å². The minimum Gasteiger partial charge on any atom is -0.497 e. The predicted octanol–water partition coefficient (Wildman–Crippen LogP) is 4.33. The van der Waals surface area contributed by atoms with E-state index in [-0.39, 0.29) is 10.6 Å². The lowest BCUT2D eigenvalue weighted by Gasteiger charge is -2.38. The normalized spacial score (nSPS) is 16.0. The first-order valence-electron chi connectivity index (χ1n) is 12.0. The molecule has 1 aliphatic rings. The molecule has 1 atom stereocenters. The predicted molar refractivity (Wildman–Crippen MR) is 144 cm³/mol. The molecule has 0 radical (unpaired) electrons. The van der Waals surface area contributed by atoms with E-state index >= 15 is 0 Å². The maximum Gasteiger partial charge on any atom is 0.264 e. The standard InChI is InChI=1S/C28H32N2O7S/c1-28(2)17-23(22-16-20(35-4)12-15-25(22)37-28)29-27(31)18-30(24-8-6-7-9-26(24)36-5)38(32,33)21-13-10-19(34-3)11-14-21/h6-16,23H,17-18H2,1-5H3,(H,29,31). The quantitative estimate of drug-likeness (QED) is 0.431. The van der Waals surface area contributed by atoms with Gasteiger partial charge in [-0.05, 0) is 68.4 Å². The molecule has 0 saturated carbocycles. The van der Waals surface area contributed by atoms with E-state index < -0.39 is 34.1 Å². The van der Waals surface area contributed by atoms with Gasteiger partial charge in [0.15, 0.2) is 0 Å². The highest BCUT2D eigenvalue weighted by Crippen LogP contribution is 2.41. The Morgan fingerprint density at radius 1 is 0.974 bits per heavy atom. The molecule has 1 unspecified atom stereocenters. The maximum absolute atomic E-state index is 13.8. The highest BCUT2D eigenvalue weighted by Gasteiger charge is 2.36. The molecule has 1 aliphatic heterocycles. The smallest absolute Gasteiger partial charge is 0.264 e. The molecule has 4 rings (SSSR count). The van der Waals surface area contributed by atoms with Crippen molar-refractivity contribution in [3.05, 3.63) is 72.3 Å². The van der Waals surface area contributed by atoms with Crippen molar-refractivity contribution >= 4 is 21.6 Å². The van der Waals surface area contributed by atoms with Crippen LogP contribution in [0.5, 0.6) is 23.0 Å². The molecule has 38 heavy (non-hydrogen) atoms. The number of hydrogen-bond acceptors (Lipinski definition) is 7. The van der Waals surface area contributed by atoms with E-state index in [2.05, 4.69) is 5.32 Å². The van der Waals surface area contributed by atoms with E-state index in [1.807, 2.05) is 26.0 Å². The number of fused-ring (bicyclic) bond motifs is 1. The Labute approximate surface area is 223 Å². The fraction of sp³-hybridized carbons (Fsp3) is 0.321. The van der Waals surface area contributed by atoms with Gasteiger partial charge in [0.1, 0.15) is 35.1 Å². The van der Waals surface area contributed by atoms with Crippen molar-refractivity contribution in [1.82, 2.24) is 5.32 Å². The summed E-state index contributed by atoms with van der Waals surface area (Å²) in [5.41, 5.74) is 0.464. The van der Waals surface area contributed by atoms with E-state index in [1.54, 1.807) is 49.6 Å². The highest BCUT2D eigenvalue weighted by atomic mass is 32.2. The Kier molecular flexibility index (Phi) is 7.73. The zero-order valence-corrected chi connectivity index (χ0v) is 22.9. The average Bonchev–Trinajstić information content (AvgIpc) is 2.91. The van der Waals surface area contributed by atoms with Crippen LogP contribution in [-0.4, -0.2) is 47.8 Å². The van der Waals surface area contributed by atoms with Crippen LogP contribution >= 0.6 is 0 Å². The molecule has 1 N–H and O–H groups in total. The first-order valence-corrected chi connectivity index (χ1v) is 13.5. The average molecular weight is 541 g/mol. The Morgan fingerprint density at radius 3 is 2.29 bits per heavy atom. The van der Waals surface area contributed by atoms with Gasteiger partial charge in [-0.1, -0.05) is 12.1 Å². The molecule has 1 amide bonds. The molecule has 3 aromatic rings. The van der Waals surface area contributed by atoms with E-state index in [9.17, 15) is 13.2 Å². The first-order chi connectivity index (χ1) is 18.1. The largest absolute Gasteiger partial charge is 0.497 e. The van der Waals surface area contributed by atoms with Crippen LogP contribution in [0.3, 0.4) is 0 Å². The molecule has 202 valence electrons. The Morgan fingerprint density at radius 2 is 1.63 bits per heavy atom. The Hall–Kier alpha value is -3.92. The number of carbonyl (C=O) groups is 1. The number of anilines is 1. The molecule has 1 heterocycles. The van der Waals surface area contributed by atoms with Crippen molar-refractivity contribution in [2.75, 3.05) is 32.2 Å². The zero-order chi connectivity index (χ0) is 27.5. The second-order valence-electron chi connectivity index (χ2n) is 9.45. The number of carbonyl (C=O) groups excluding carboxylic acids is 1. The molecule has 9 nitrogen and oxygen atoms in total. The van der Waals surface area contributed by atoms with Crippen molar-refractivity contribution in [3.63, 3.8) is 0 Å². The van der Waals surface area contributed by atoms with Crippen LogP contribution in [0, 0.1) is 0 Å². The van der Waals surface area contributed by atoms with Crippen LogP contribution in [0.4, 0.5) is 5.69 Å². The molecular formula is C28H32N2O7S. The highest BCUT2D eigenvalue weighted by molar-refractivity contribution is 7.92. The zero-order valence-electron chi connectivity index (χ0n) is 22.1. The van der Waals surface area contributed by atoms with Crippen molar-refractivity contribution in [2.45, 2.75) is 36.8 Å². The number of para-hydroxylation sites is 2. The van der Waals surface area contributed by atoms with Crippen LogP contribution in [0.1, 0.15) is 31.9 Å². The van der Waals surface area contributed by atoms with Gasteiger partial charge in [-0.3, -0.25) is 9.10 Å². The van der Waals surface area contributed by atoms with Crippen LogP contribution in [0.2, 0.25) is 0 Å². The summed E-state index contributed by atoms with van der Waals surface area (Å²) in [6, 6.07) is 17.7. The van der Waals surface area contributed by atoms with Gasteiger partial charge in [-0.25, -0.2) is 8.42 Å². The van der Waals surface area contributed by atoms with Gasteiger partial charge in [0.25, 0.3) is 10.0 Å². The van der Waals surface area contributed by atoms with Crippen molar-refractivity contribution in [3.8, 4) is 23.0 Å². The molecular weight excluding hydrogens is 508 g/mol. The number of rotatable bonds is 9. The second-order valence-corrected chi connectivity index (χ2v) is 11.3. The third-order valence-corrected chi connectivity index (χ3v) is 8.07. The summed E-state index contributed by atoms with van der Waals surface area (Å²) < 4.78 is 50.8. The molecule has 0 aliphatic carbocycles. The molecule has 0 saturated heterocycles. The van der Waals surface area contributed by atoms with Crippen LogP contribution in [0.25, 0.3) is 0 Å². The number of nitrogens with one attached hydrogen (secondary N) is 1. The summed E-state index contributed by atoms with van der Waals surface area (Å²) in [4.78, 5) is 13.5. The summed E-state index contributed by atoms with van der Waals surface area (Å²) in [5, 5.41) is 3.02. The summed E-state index contributed by atoms with van der Waals surface area (Å²) in [6.07, 6.45) is 0.485. The second kappa shape index (κ2) is 10.8. The summed E-state index contributed by atoms with van der Waals surface area (Å²) in [6.45, 7) is 3.41. The monoisotopic (exact) mass is 540 g/mol. The van der Waals surface area contributed by atoms with Gasteiger partial charge in [0, 0.05) is 12.0 Å². The third kappa shape index (κ3) is 5.65. The molecule has 3 aromatic carbocycles. The third-order valence-electron chi connectivity index (χ3n) is 6.30. The van der Waals surface area contributed by atoms with Gasteiger partial charge in [-0.15, -0.1) is 0 Å².